The van der Waals surface area contributed by atoms with E-state index >= 15 is 0 Å². The third-order valence-corrected chi connectivity index (χ3v) is 2.90. The van der Waals surface area contributed by atoms with Crippen molar-refractivity contribution in [2.75, 3.05) is 20.2 Å². The molecule has 1 unspecified atom stereocenters. The first-order chi connectivity index (χ1) is 9.87. The third-order valence-electron chi connectivity index (χ3n) is 2.90. The zero-order valence-corrected chi connectivity index (χ0v) is 12.0. The van der Waals surface area contributed by atoms with Crippen LogP contribution in [-0.2, 0) is 4.79 Å². The molecule has 1 aromatic rings. The van der Waals surface area contributed by atoms with Gasteiger partial charge in [0, 0.05) is 11.6 Å². The summed E-state index contributed by atoms with van der Waals surface area (Å²) in [7, 11) is 1.81. The molecule has 1 aromatic carbocycles. The van der Waals surface area contributed by atoms with Crippen molar-refractivity contribution in [3.8, 4) is 5.75 Å². The van der Waals surface area contributed by atoms with E-state index in [0.717, 1.165) is 12.0 Å². The zero-order valence-electron chi connectivity index (χ0n) is 12.0. The number of benzene rings is 1. The van der Waals surface area contributed by atoms with E-state index in [1.165, 1.54) is 0 Å². The predicted molar refractivity (Wildman–Crippen MR) is 73.1 cm³/mol. The number of ether oxygens (including phenoxy) is 1. The lowest BCUT2D eigenvalue weighted by Crippen LogP contribution is -2.36. The van der Waals surface area contributed by atoms with Crippen molar-refractivity contribution in [2.24, 2.45) is 0 Å². The summed E-state index contributed by atoms with van der Waals surface area (Å²) in [5.74, 6) is -0.319. The fourth-order valence-electron chi connectivity index (χ4n) is 1.87. The van der Waals surface area contributed by atoms with Crippen molar-refractivity contribution in [2.45, 2.75) is 25.6 Å². The van der Waals surface area contributed by atoms with Crippen molar-refractivity contribution >= 4 is 5.91 Å². The van der Waals surface area contributed by atoms with E-state index in [0.29, 0.717) is 5.75 Å². The van der Waals surface area contributed by atoms with Gasteiger partial charge in [-0.25, -0.2) is 0 Å². The van der Waals surface area contributed by atoms with Gasteiger partial charge in [0.2, 0.25) is 0 Å². The number of carbonyl (C=O) groups excluding carboxylic acids is 1. The Kier molecular flexibility index (Phi) is 6.48. The topological polar surface area (TPSA) is 50.4 Å². The summed E-state index contributed by atoms with van der Waals surface area (Å²) in [5, 5.41) is 4.88. The first-order valence-electron chi connectivity index (χ1n) is 6.59. The fraction of sp³-hybridized carbons (Fsp3) is 0.500. The lowest BCUT2D eigenvalue weighted by Gasteiger charge is -2.18. The Labute approximate surface area is 121 Å². The first kappa shape index (κ1) is 17.3. The number of rotatable bonds is 7. The summed E-state index contributed by atoms with van der Waals surface area (Å²) in [6.07, 6.45) is -3.61. The van der Waals surface area contributed by atoms with Crippen LogP contribution in [0.5, 0.6) is 5.75 Å². The summed E-state index contributed by atoms with van der Waals surface area (Å²) in [5.41, 5.74) is 0.867. The van der Waals surface area contributed by atoms with Crippen LogP contribution in [0.25, 0.3) is 0 Å². The summed E-state index contributed by atoms with van der Waals surface area (Å²) in [4.78, 5) is 11.3. The van der Waals surface area contributed by atoms with Crippen LogP contribution >= 0.6 is 0 Å². The molecule has 0 bridgehead atoms. The summed E-state index contributed by atoms with van der Waals surface area (Å²) < 4.78 is 41.3. The van der Waals surface area contributed by atoms with Crippen LogP contribution in [0.15, 0.2) is 24.3 Å². The molecule has 0 spiro atoms. The van der Waals surface area contributed by atoms with Gasteiger partial charge in [-0.3, -0.25) is 4.79 Å². The molecule has 118 valence electrons. The smallest absolute Gasteiger partial charge is 0.405 e. The molecule has 21 heavy (non-hydrogen) atoms. The average molecular weight is 304 g/mol. The van der Waals surface area contributed by atoms with Crippen LogP contribution in [-0.4, -0.2) is 32.3 Å². The number of carbonyl (C=O) groups is 1. The van der Waals surface area contributed by atoms with Crippen LogP contribution in [0.4, 0.5) is 13.2 Å². The number of nitrogens with one attached hydrogen (secondary N) is 2. The molecule has 0 fully saturated rings. The van der Waals surface area contributed by atoms with Gasteiger partial charge in [-0.05, 0) is 19.5 Å². The molecule has 1 atom stereocenters. The molecular weight excluding hydrogens is 285 g/mol. The minimum Gasteiger partial charge on any atom is -0.483 e. The molecule has 7 heteroatoms. The Morgan fingerprint density at radius 2 is 2.00 bits per heavy atom. The second-order valence-electron chi connectivity index (χ2n) is 4.47. The Hall–Kier alpha value is -1.76. The molecule has 4 nitrogen and oxygen atoms in total. The standard InChI is InChI=1S/C14H19F3N2O2/c1-3-11(18-2)10-6-4-5-7-12(10)21-8-13(20)19-9-14(15,16)17/h4-7,11,18H,3,8-9H2,1-2H3,(H,19,20). The van der Waals surface area contributed by atoms with Crippen LogP contribution in [0.3, 0.4) is 0 Å². The van der Waals surface area contributed by atoms with E-state index in [4.69, 9.17) is 4.74 Å². The second-order valence-corrected chi connectivity index (χ2v) is 4.47. The predicted octanol–water partition coefficient (Wildman–Crippen LogP) is 2.41. The van der Waals surface area contributed by atoms with Gasteiger partial charge < -0.3 is 15.4 Å². The maximum Gasteiger partial charge on any atom is 0.405 e. The minimum atomic E-state index is -4.42. The third kappa shape index (κ3) is 6.03. The van der Waals surface area contributed by atoms with Crippen LogP contribution in [0.1, 0.15) is 24.9 Å². The van der Waals surface area contributed by atoms with E-state index in [9.17, 15) is 18.0 Å². The largest absolute Gasteiger partial charge is 0.483 e. The van der Waals surface area contributed by atoms with Crippen LogP contribution < -0.4 is 15.4 Å². The molecule has 0 radical (unpaired) electrons. The van der Waals surface area contributed by atoms with Crippen molar-refractivity contribution < 1.29 is 22.7 Å². The van der Waals surface area contributed by atoms with E-state index < -0.39 is 25.2 Å². The lowest BCUT2D eigenvalue weighted by atomic mass is 10.0. The number of hydrogen-bond acceptors (Lipinski definition) is 3. The quantitative estimate of drug-likeness (QED) is 0.813. The fourth-order valence-corrected chi connectivity index (χ4v) is 1.87. The molecule has 0 heterocycles. The van der Waals surface area contributed by atoms with E-state index in [1.807, 2.05) is 19.1 Å². The zero-order chi connectivity index (χ0) is 15.9. The first-order valence-corrected chi connectivity index (χ1v) is 6.59. The van der Waals surface area contributed by atoms with Crippen LogP contribution in [0, 0.1) is 0 Å². The number of para-hydroxylation sites is 1. The van der Waals surface area contributed by atoms with Crippen molar-refractivity contribution in [1.82, 2.24) is 10.6 Å². The molecule has 0 saturated carbocycles. The molecule has 0 aromatic heterocycles. The maximum atomic E-state index is 12.0. The molecule has 0 aliphatic carbocycles. The van der Waals surface area contributed by atoms with Gasteiger partial charge in [-0.15, -0.1) is 0 Å². The highest BCUT2D eigenvalue weighted by atomic mass is 19.4. The van der Waals surface area contributed by atoms with Gasteiger partial charge in [0.25, 0.3) is 5.91 Å². The molecule has 0 aliphatic rings. The van der Waals surface area contributed by atoms with Crippen LogP contribution in [0.2, 0.25) is 0 Å². The number of alkyl halides is 3. The van der Waals surface area contributed by atoms with E-state index in [2.05, 4.69) is 5.32 Å². The monoisotopic (exact) mass is 304 g/mol. The Bertz CT molecular complexity index is 460. The highest BCUT2D eigenvalue weighted by Crippen LogP contribution is 2.26. The summed E-state index contributed by atoms with van der Waals surface area (Å²) >= 11 is 0. The Balaban J connectivity index is 2.61. The maximum absolute atomic E-state index is 12.0. The Morgan fingerprint density at radius 3 is 2.57 bits per heavy atom. The van der Waals surface area contributed by atoms with Gasteiger partial charge in [0.05, 0.1) is 0 Å². The average Bonchev–Trinajstić information content (AvgIpc) is 2.44. The SMILES string of the molecule is CCC(NC)c1ccccc1OCC(=O)NCC(F)(F)F. The second kappa shape index (κ2) is 7.87. The van der Waals surface area contributed by atoms with Gasteiger partial charge in [0.15, 0.2) is 6.61 Å². The number of amides is 1. The molecule has 0 aliphatic heterocycles. The van der Waals surface area contributed by atoms with Gasteiger partial charge in [-0.1, -0.05) is 25.1 Å². The molecule has 1 amide bonds. The number of hydrogen-bond donors (Lipinski definition) is 2. The van der Waals surface area contributed by atoms with Crippen molar-refractivity contribution in [3.63, 3.8) is 0 Å². The molecular formula is C14H19F3N2O2. The summed E-state index contributed by atoms with van der Waals surface area (Å²) in [6, 6.07) is 7.18. The van der Waals surface area contributed by atoms with Gasteiger partial charge in [-0.2, -0.15) is 13.2 Å². The summed E-state index contributed by atoms with van der Waals surface area (Å²) in [6.45, 7) is 0.187. The van der Waals surface area contributed by atoms with Crippen molar-refractivity contribution in [3.05, 3.63) is 29.8 Å². The van der Waals surface area contributed by atoms with E-state index in [-0.39, 0.29) is 6.04 Å². The normalized spacial score (nSPS) is 12.8. The number of halogens is 3. The Morgan fingerprint density at radius 1 is 1.33 bits per heavy atom. The van der Waals surface area contributed by atoms with Gasteiger partial charge in [0.1, 0.15) is 12.3 Å². The lowest BCUT2D eigenvalue weighted by molar-refractivity contribution is -0.139. The molecule has 0 saturated heterocycles. The van der Waals surface area contributed by atoms with E-state index in [1.54, 1.807) is 24.5 Å². The molecule has 2 N–H and O–H groups in total. The molecule has 1 rings (SSSR count). The highest BCUT2D eigenvalue weighted by molar-refractivity contribution is 5.77. The minimum absolute atomic E-state index is 0.0550. The highest BCUT2D eigenvalue weighted by Gasteiger charge is 2.27. The van der Waals surface area contributed by atoms with Crippen molar-refractivity contribution in [1.29, 1.82) is 0 Å². The van der Waals surface area contributed by atoms with Gasteiger partial charge >= 0.3 is 6.18 Å².